The average molecular weight is 339 g/mol. The van der Waals surface area contributed by atoms with E-state index >= 15 is 0 Å². The Morgan fingerprint density at radius 3 is 2.74 bits per heavy atom. The largest absolute Gasteiger partial charge is 0.425 e. The molecular formula is C15H21N3O4S. The van der Waals surface area contributed by atoms with Crippen LogP contribution in [0.1, 0.15) is 5.56 Å². The molecule has 1 aromatic heterocycles. The molecule has 0 aliphatic rings. The van der Waals surface area contributed by atoms with Crippen LogP contribution in [0.4, 0.5) is 0 Å². The van der Waals surface area contributed by atoms with Crippen LogP contribution in [0.2, 0.25) is 0 Å². The van der Waals surface area contributed by atoms with Gasteiger partial charge in [-0.3, -0.25) is 4.79 Å². The number of fused-ring (bicyclic) bond motifs is 1. The standard InChI is InChI=1S/C15H21N3O4S/c1-18(2)8-7-11-9-16-12-5-4-6-13(15(11)12)22-14(19)10-17-23(3,20)21/h4-6,9,16-17H,7-8,10H2,1-3H3. The van der Waals surface area contributed by atoms with Gasteiger partial charge in [0.15, 0.2) is 0 Å². The van der Waals surface area contributed by atoms with Gasteiger partial charge in [0.05, 0.1) is 6.26 Å². The number of likely N-dealkylation sites (N-methyl/N-ethyl adjacent to an activating group) is 1. The molecule has 0 radical (unpaired) electrons. The van der Waals surface area contributed by atoms with E-state index in [9.17, 15) is 13.2 Å². The van der Waals surface area contributed by atoms with E-state index in [0.29, 0.717) is 5.75 Å². The van der Waals surface area contributed by atoms with Gasteiger partial charge in [0.1, 0.15) is 12.3 Å². The molecule has 1 heterocycles. The van der Waals surface area contributed by atoms with Crippen molar-refractivity contribution in [1.82, 2.24) is 14.6 Å². The number of rotatable bonds is 7. The zero-order chi connectivity index (χ0) is 17.0. The van der Waals surface area contributed by atoms with Crippen LogP contribution in [0.5, 0.6) is 5.75 Å². The Balaban J connectivity index is 2.19. The fourth-order valence-electron chi connectivity index (χ4n) is 2.19. The summed E-state index contributed by atoms with van der Waals surface area (Å²) in [4.78, 5) is 17.1. The van der Waals surface area contributed by atoms with Crippen molar-refractivity contribution in [3.8, 4) is 5.75 Å². The summed E-state index contributed by atoms with van der Waals surface area (Å²) in [7, 11) is 0.553. The zero-order valence-corrected chi connectivity index (χ0v) is 14.2. The maximum atomic E-state index is 11.8. The third kappa shape index (κ3) is 5.05. The maximum absolute atomic E-state index is 11.8. The number of benzene rings is 1. The number of carbonyl (C=O) groups excluding carboxylic acids is 1. The van der Waals surface area contributed by atoms with Gasteiger partial charge >= 0.3 is 5.97 Å². The smallest absolute Gasteiger partial charge is 0.326 e. The molecule has 0 unspecified atom stereocenters. The summed E-state index contributed by atoms with van der Waals surface area (Å²) in [6.07, 6.45) is 3.70. The van der Waals surface area contributed by atoms with E-state index in [2.05, 4.69) is 14.6 Å². The van der Waals surface area contributed by atoms with Crippen molar-refractivity contribution >= 4 is 26.9 Å². The maximum Gasteiger partial charge on any atom is 0.326 e. The first-order valence-corrected chi connectivity index (χ1v) is 9.04. The number of nitrogens with one attached hydrogen (secondary N) is 2. The number of ether oxygens (including phenoxy) is 1. The van der Waals surface area contributed by atoms with Crippen molar-refractivity contribution in [1.29, 1.82) is 0 Å². The number of esters is 1. The van der Waals surface area contributed by atoms with E-state index in [1.165, 1.54) is 0 Å². The summed E-state index contributed by atoms with van der Waals surface area (Å²) in [5, 5.41) is 0.849. The van der Waals surface area contributed by atoms with Crippen molar-refractivity contribution in [2.24, 2.45) is 0 Å². The van der Waals surface area contributed by atoms with Crippen LogP contribution in [-0.4, -0.2) is 57.7 Å². The normalized spacial score (nSPS) is 12.0. The molecule has 23 heavy (non-hydrogen) atoms. The summed E-state index contributed by atoms with van der Waals surface area (Å²) in [5.41, 5.74) is 1.92. The Kier molecular flexibility index (Phi) is 5.40. The lowest BCUT2D eigenvalue weighted by atomic mass is 10.1. The monoisotopic (exact) mass is 339 g/mol. The highest BCUT2D eigenvalue weighted by molar-refractivity contribution is 7.88. The molecule has 0 bridgehead atoms. The number of hydrogen-bond acceptors (Lipinski definition) is 5. The predicted molar refractivity (Wildman–Crippen MR) is 89.0 cm³/mol. The molecule has 0 saturated carbocycles. The minimum absolute atomic E-state index is 0.396. The van der Waals surface area contributed by atoms with E-state index in [4.69, 9.17) is 4.74 Å². The molecule has 2 rings (SSSR count). The fourth-order valence-corrected chi connectivity index (χ4v) is 2.57. The lowest BCUT2D eigenvalue weighted by Gasteiger charge is -2.10. The highest BCUT2D eigenvalue weighted by Gasteiger charge is 2.14. The quantitative estimate of drug-likeness (QED) is 0.573. The number of aromatic amines is 1. The molecule has 0 aliphatic carbocycles. The van der Waals surface area contributed by atoms with Gasteiger partial charge in [0.2, 0.25) is 10.0 Å². The Hall–Kier alpha value is -1.90. The molecule has 0 fully saturated rings. The predicted octanol–water partition coefficient (Wildman–Crippen LogP) is 0.727. The highest BCUT2D eigenvalue weighted by atomic mass is 32.2. The Morgan fingerprint density at radius 1 is 1.35 bits per heavy atom. The van der Waals surface area contributed by atoms with Gasteiger partial charge in [-0.2, -0.15) is 0 Å². The van der Waals surface area contributed by atoms with Gasteiger partial charge < -0.3 is 14.6 Å². The molecule has 1 aromatic carbocycles. The molecular weight excluding hydrogens is 318 g/mol. The zero-order valence-electron chi connectivity index (χ0n) is 13.4. The van der Waals surface area contributed by atoms with Crippen LogP contribution >= 0.6 is 0 Å². The number of hydrogen-bond donors (Lipinski definition) is 2. The molecule has 0 spiro atoms. The van der Waals surface area contributed by atoms with E-state index in [0.717, 1.165) is 35.7 Å². The van der Waals surface area contributed by atoms with E-state index < -0.39 is 22.5 Å². The summed E-state index contributed by atoms with van der Waals surface area (Å²) in [6.45, 7) is 0.470. The minimum atomic E-state index is -3.43. The molecule has 0 atom stereocenters. The van der Waals surface area contributed by atoms with Crippen molar-refractivity contribution < 1.29 is 17.9 Å². The minimum Gasteiger partial charge on any atom is -0.425 e. The summed E-state index contributed by atoms with van der Waals surface area (Å²) < 4.78 is 29.5. The van der Waals surface area contributed by atoms with Gasteiger partial charge in [-0.1, -0.05) is 6.07 Å². The van der Waals surface area contributed by atoms with E-state index in [-0.39, 0.29) is 0 Å². The molecule has 8 heteroatoms. The van der Waals surface area contributed by atoms with Crippen LogP contribution in [-0.2, 0) is 21.2 Å². The highest BCUT2D eigenvalue weighted by Crippen LogP contribution is 2.29. The van der Waals surface area contributed by atoms with Crippen LogP contribution in [0.3, 0.4) is 0 Å². The summed E-state index contributed by atoms with van der Waals surface area (Å²) >= 11 is 0. The molecule has 0 amide bonds. The van der Waals surface area contributed by atoms with Crippen molar-refractivity contribution in [2.45, 2.75) is 6.42 Å². The van der Waals surface area contributed by atoms with E-state index in [1.54, 1.807) is 12.1 Å². The van der Waals surface area contributed by atoms with Crippen LogP contribution in [0.15, 0.2) is 24.4 Å². The lowest BCUT2D eigenvalue weighted by molar-refractivity contribution is -0.132. The number of aromatic nitrogens is 1. The summed E-state index contributed by atoms with van der Waals surface area (Å²) in [6, 6.07) is 5.38. The number of H-pyrrole nitrogens is 1. The molecule has 2 N–H and O–H groups in total. The second kappa shape index (κ2) is 7.12. The number of nitrogens with zero attached hydrogens (tertiary/aromatic N) is 1. The van der Waals surface area contributed by atoms with Crippen molar-refractivity contribution in [2.75, 3.05) is 33.4 Å². The van der Waals surface area contributed by atoms with Gasteiger partial charge in [0, 0.05) is 23.6 Å². The third-order valence-electron chi connectivity index (χ3n) is 3.28. The van der Waals surface area contributed by atoms with Crippen molar-refractivity contribution in [3.05, 3.63) is 30.0 Å². The Labute approximate surface area is 135 Å². The molecule has 2 aromatic rings. The third-order valence-corrected chi connectivity index (χ3v) is 3.95. The molecule has 7 nitrogen and oxygen atoms in total. The van der Waals surface area contributed by atoms with Crippen LogP contribution in [0.25, 0.3) is 10.9 Å². The van der Waals surface area contributed by atoms with Gasteiger partial charge in [-0.25, -0.2) is 13.1 Å². The first-order chi connectivity index (χ1) is 10.8. The topological polar surface area (TPSA) is 91.5 Å². The number of sulfonamides is 1. The SMILES string of the molecule is CN(C)CCc1c[nH]c2cccc(OC(=O)CNS(C)(=O)=O)c12. The van der Waals surface area contributed by atoms with E-state index in [1.807, 2.05) is 26.4 Å². The molecule has 0 saturated heterocycles. The second-order valence-electron chi connectivity index (χ2n) is 5.61. The fraction of sp³-hybridized carbons (Fsp3) is 0.400. The second-order valence-corrected chi connectivity index (χ2v) is 7.45. The van der Waals surface area contributed by atoms with Crippen LogP contribution in [0, 0.1) is 0 Å². The number of carbonyl (C=O) groups is 1. The van der Waals surface area contributed by atoms with Gasteiger partial charge in [0.25, 0.3) is 0 Å². The Bertz CT molecular complexity index is 796. The lowest BCUT2D eigenvalue weighted by Crippen LogP contribution is -2.31. The van der Waals surface area contributed by atoms with Crippen LogP contribution < -0.4 is 9.46 Å². The van der Waals surface area contributed by atoms with Crippen molar-refractivity contribution in [3.63, 3.8) is 0 Å². The molecule has 126 valence electrons. The Morgan fingerprint density at radius 2 is 2.09 bits per heavy atom. The molecule has 0 aliphatic heterocycles. The van der Waals surface area contributed by atoms with Gasteiger partial charge in [-0.15, -0.1) is 0 Å². The average Bonchev–Trinajstić information content (AvgIpc) is 2.86. The first kappa shape index (κ1) is 17.5. The van der Waals surface area contributed by atoms with Gasteiger partial charge in [-0.05, 0) is 38.2 Å². The summed E-state index contributed by atoms with van der Waals surface area (Å²) in [5.74, 6) is -0.222. The first-order valence-electron chi connectivity index (χ1n) is 7.15.